The molecule has 0 saturated heterocycles. The lowest BCUT2D eigenvalue weighted by atomic mass is 10.1. The maximum Gasteiger partial charge on any atom is 0.264 e. The second-order valence-electron chi connectivity index (χ2n) is 10.0. The third kappa shape index (κ3) is 8.04. The average molecular weight is 661 g/mol. The predicted molar refractivity (Wildman–Crippen MR) is 167 cm³/mol. The van der Waals surface area contributed by atoms with E-state index in [0.717, 1.165) is 26.3 Å². The van der Waals surface area contributed by atoms with Crippen LogP contribution in [0.15, 0.2) is 76.1 Å². The van der Waals surface area contributed by atoms with Crippen molar-refractivity contribution in [1.82, 2.24) is 10.2 Å². The van der Waals surface area contributed by atoms with E-state index in [-0.39, 0.29) is 29.1 Å². The third-order valence-electron chi connectivity index (χ3n) is 6.98. The van der Waals surface area contributed by atoms with Crippen molar-refractivity contribution in [3.63, 3.8) is 0 Å². The molecule has 11 heteroatoms. The Kier molecular flexibility index (Phi) is 11.4. The highest BCUT2D eigenvalue weighted by Crippen LogP contribution is 2.34. The molecule has 226 valence electrons. The number of carbonyl (C=O) groups excluding carboxylic acids is 2. The molecule has 3 aromatic carbocycles. The first-order valence-electron chi connectivity index (χ1n) is 13.6. The number of anilines is 1. The van der Waals surface area contributed by atoms with Crippen LogP contribution in [0.4, 0.5) is 5.69 Å². The monoisotopic (exact) mass is 659 g/mol. The number of methoxy groups -OCH3 is 2. The van der Waals surface area contributed by atoms with Gasteiger partial charge in [-0.15, -0.1) is 0 Å². The molecular formula is C31H38BrN3O6S. The molecule has 0 bridgehead atoms. The van der Waals surface area contributed by atoms with Crippen LogP contribution in [-0.2, 0) is 26.2 Å². The zero-order valence-electron chi connectivity index (χ0n) is 24.8. The van der Waals surface area contributed by atoms with Gasteiger partial charge in [0.05, 0.1) is 24.8 Å². The molecule has 0 aliphatic heterocycles. The molecule has 0 heterocycles. The highest BCUT2D eigenvalue weighted by Gasteiger charge is 2.33. The van der Waals surface area contributed by atoms with Crippen LogP contribution >= 0.6 is 15.9 Å². The lowest BCUT2D eigenvalue weighted by Gasteiger charge is -2.32. The molecule has 0 aromatic heterocycles. The summed E-state index contributed by atoms with van der Waals surface area (Å²) in [6.45, 7) is 6.89. The molecule has 3 aromatic rings. The Morgan fingerprint density at radius 2 is 1.55 bits per heavy atom. The highest BCUT2D eigenvalue weighted by atomic mass is 79.9. The number of halogens is 1. The van der Waals surface area contributed by atoms with Gasteiger partial charge in [0.25, 0.3) is 10.0 Å². The number of rotatable bonds is 13. The molecule has 0 unspecified atom stereocenters. The summed E-state index contributed by atoms with van der Waals surface area (Å²) < 4.78 is 40.7. The highest BCUT2D eigenvalue weighted by molar-refractivity contribution is 9.10. The molecule has 9 nitrogen and oxygen atoms in total. The number of sulfonamides is 1. The van der Waals surface area contributed by atoms with Crippen LogP contribution in [0.25, 0.3) is 0 Å². The maximum atomic E-state index is 14.1. The number of nitrogens with zero attached hydrogens (tertiary/aromatic N) is 2. The lowest BCUT2D eigenvalue weighted by molar-refractivity contribution is -0.139. The van der Waals surface area contributed by atoms with E-state index in [1.54, 1.807) is 31.2 Å². The third-order valence-corrected chi connectivity index (χ3v) is 9.29. The van der Waals surface area contributed by atoms with Crippen LogP contribution < -0.4 is 19.1 Å². The molecule has 2 amide bonds. The summed E-state index contributed by atoms with van der Waals surface area (Å²) in [5, 5.41) is 2.93. The van der Waals surface area contributed by atoms with Crippen molar-refractivity contribution in [1.29, 1.82) is 0 Å². The summed E-state index contributed by atoms with van der Waals surface area (Å²) in [4.78, 5) is 28.7. The Morgan fingerprint density at radius 3 is 2.12 bits per heavy atom. The van der Waals surface area contributed by atoms with Gasteiger partial charge in [0, 0.05) is 23.1 Å². The smallest absolute Gasteiger partial charge is 0.264 e. The molecule has 0 saturated carbocycles. The number of nitrogens with one attached hydrogen (secondary N) is 1. The molecule has 0 aliphatic rings. The summed E-state index contributed by atoms with van der Waals surface area (Å²) in [6.07, 6.45) is 0.723. The van der Waals surface area contributed by atoms with Crippen molar-refractivity contribution < 1.29 is 27.5 Å². The number of amides is 2. The summed E-state index contributed by atoms with van der Waals surface area (Å²) in [5.74, 6) is -0.156. The Bertz CT molecular complexity index is 1480. The molecule has 0 aliphatic carbocycles. The number of hydrogen-bond acceptors (Lipinski definition) is 6. The molecule has 2 atom stereocenters. The summed E-state index contributed by atoms with van der Waals surface area (Å²) >= 11 is 3.42. The first-order valence-corrected chi connectivity index (χ1v) is 15.8. The molecule has 3 rings (SSSR count). The normalized spacial score (nSPS) is 12.6. The van der Waals surface area contributed by atoms with E-state index in [1.807, 2.05) is 45.0 Å². The molecule has 0 spiro atoms. The van der Waals surface area contributed by atoms with Crippen LogP contribution in [0.3, 0.4) is 0 Å². The Morgan fingerprint density at radius 1 is 0.929 bits per heavy atom. The van der Waals surface area contributed by atoms with Crippen LogP contribution in [0, 0.1) is 6.92 Å². The first-order chi connectivity index (χ1) is 19.9. The molecule has 0 fully saturated rings. The molecular weight excluding hydrogens is 622 g/mol. The fourth-order valence-electron chi connectivity index (χ4n) is 4.18. The minimum atomic E-state index is -4.21. The number of ether oxygens (including phenoxy) is 2. The van der Waals surface area contributed by atoms with Crippen molar-refractivity contribution in [2.24, 2.45) is 0 Å². The summed E-state index contributed by atoms with van der Waals surface area (Å²) in [6, 6.07) is 17.5. The SMILES string of the molecule is CC[C@H](C)NC(=O)[C@H](C)N(Cc1ccc(Br)cc1)C(=O)CN(c1ccc(OC)c(OC)c1)S(=O)(=O)c1ccc(C)cc1. The minimum absolute atomic E-state index is 0.0257. The van der Waals surface area contributed by atoms with E-state index in [0.29, 0.717) is 11.5 Å². The van der Waals surface area contributed by atoms with Gasteiger partial charge < -0.3 is 19.7 Å². The summed E-state index contributed by atoms with van der Waals surface area (Å²) in [5.41, 5.74) is 1.89. The standard InChI is InChI=1S/C31H38BrN3O6S/c1-7-22(3)33-31(37)23(4)34(19-24-10-12-25(32)13-11-24)30(36)20-35(26-14-17-28(40-5)29(18-26)41-6)42(38,39)27-15-8-21(2)9-16-27/h8-18,22-23H,7,19-20H2,1-6H3,(H,33,37)/t22-,23-/m0/s1. The summed E-state index contributed by atoms with van der Waals surface area (Å²) in [7, 11) is -1.28. The van der Waals surface area contributed by atoms with Gasteiger partial charge in [0.1, 0.15) is 12.6 Å². The van der Waals surface area contributed by atoms with Crippen LogP contribution in [0.1, 0.15) is 38.3 Å². The predicted octanol–water partition coefficient (Wildman–Crippen LogP) is 5.30. The first kappa shape index (κ1) is 32.9. The van der Waals surface area contributed by atoms with E-state index in [4.69, 9.17) is 9.47 Å². The van der Waals surface area contributed by atoms with Gasteiger partial charge in [-0.25, -0.2) is 8.42 Å². The Balaban J connectivity index is 2.08. The van der Waals surface area contributed by atoms with Gasteiger partial charge in [-0.1, -0.05) is 52.7 Å². The molecule has 42 heavy (non-hydrogen) atoms. The van der Waals surface area contributed by atoms with E-state index >= 15 is 0 Å². The van der Waals surface area contributed by atoms with E-state index in [1.165, 1.54) is 37.3 Å². The number of aryl methyl sites for hydroxylation is 1. The minimum Gasteiger partial charge on any atom is -0.493 e. The van der Waals surface area contributed by atoms with Crippen molar-refractivity contribution in [2.45, 2.75) is 57.6 Å². The lowest BCUT2D eigenvalue weighted by Crippen LogP contribution is -2.52. The van der Waals surface area contributed by atoms with Crippen molar-refractivity contribution in [2.75, 3.05) is 25.1 Å². The van der Waals surface area contributed by atoms with Gasteiger partial charge in [-0.2, -0.15) is 0 Å². The van der Waals surface area contributed by atoms with E-state index < -0.39 is 28.5 Å². The fraction of sp³-hybridized carbons (Fsp3) is 0.355. The quantitative estimate of drug-likeness (QED) is 0.267. The average Bonchev–Trinajstić information content (AvgIpc) is 2.98. The number of hydrogen-bond donors (Lipinski definition) is 1. The molecule has 1 N–H and O–H groups in total. The van der Waals surface area contributed by atoms with Gasteiger partial charge >= 0.3 is 0 Å². The maximum absolute atomic E-state index is 14.1. The van der Waals surface area contributed by atoms with Gasteiger partial charge in [0.15, 0.2) is 11.5 Å². The van der Waals surface area contributed by atoms with Crippen LogP contribution in [0.5, 0.6) is 11.5 Å². The van der Waals surface area contributed by atoms with Crippen molar-refractivity contribution in [3.8, 4) is 11.5 Å². The van der Waals surface area contributed by atoms with Crippen molar-refractivity contribution >= 4 is 43.5 Å². The van der Waals surface area contributed by atoms with Gasteiger partial charge in [-0.05, 0) is 69.2 Å². The second-order valence-corrected chi connectivity index (χ2v) is 12.8. The van der Waals surface area contributed by atoms with Crippen LogP contribution in [0.2, 0.25) is 0 Å². The number of carbonyl (C=O) groups is 2. The van der Waals surface area contributed by atoms with Gasteiger partial charge in [-0.3, -0.25) is 13.9 Å². The topological polar surface area (TPSA) is 105 Å². The fourth-order valence-corrected chi connectivity index (χ4v) is 5.85. The Labute approximate surface area is 257 Å². The zero-order chi connectivity index (χ0) is 31.0. The van der Waals surface area contributed by atoms with Gasteiger partial charge in [0.2, 0.25) is 11.8 Å². The van der Waals surface area contributed by atoms with E-state index in [2.05, 4.69) is 21.2 Å². The largest absolute Gasteiger partial charge is 0.493 e. The number of benzene rings is 3. The Hall–Kier alpha value is -3.57. The van der Waals surface area contributed by atoms with Crippen LogP contribution in [-0.4, -0.2) is 58.0 Å². The second kappa shape index (κ2) is 14.6. The zero-order valence-corrected chi connectivity index (χ0v) is 27.2. The molecule has 0 radical (unpaired) electrons. The van der Waals surface area contributed by atoms with Crippen molar-refractivity contribution in [3.05, 3.63) is 82.3 Å². The van der Waals surface area contributed by atoms with E-state index in [9.17, 15) is 18.0 Å².